The van der Waals surface area contributed by atoms with Gasteiger partial charge in [-0.2, -0.15) is 11.8 Å². The first kappa shape index (κ1) is 11.3. The zero-order valence-corrected chi connectivity index (χ0v) is 9.52. The summed E-state index contributed by atoms with van der Waals surface area (Å²) in [6.45, 7) is 6.17. The standard InChI is InChI=1S/C10H21NOS/c1-9(8-13-2)5-11-4-3-10(6-11)7-12/h9-10,12H,3-8H2,1-2H3. The smallest absolute Gasteiger partial charge is 0.0471 e. The number of nitrogens with zero attached hydrogens (tertiary/aromatic N) is 1. The molecule has 0 amide bonds. The third kappa shape index (κ3) is 3.88. The first-order valence-electron chi connectivity index (χ1n) is 5.08. The van der Waals surface area contributed by atoms with Crippen LogP contribution in [-0.4, -0.2) is 48.3 Å². The predicted octanol–water partition coefficient (Wildman–Crippen LogP) is 1.30. The molecule has 0 spiro atoms. The average molecular weight is 203 g/mol. The van der Waals surface area contributed by atoms with Gasteiger partial charge in [-0.15, -0.1) is 0 Å². The maximum atomic E-state index is 8.99. The van der Waals surface area contributed by atoms with Gasteiger partial charge in [0.2, 0.25) is 0 Å². The molecule has 1 rings (SSSR count). The van der Waals surface area contributed by atoms with Crippen molar-refractivity contribution in [2.24, 2.45) is 11.8 Å². The average Bonchev–Trinajstić information content (AvgIpc) is 2.52. The summed E-state index contributed by atoms with van der Waals surface area (Å²) in [5, 5.41) is 8.99. The Morgan fingerprint density at radius 1 is 1.62 bits per heavy atom. The van der Waals surface area contributed by atoms with Crippen molar-refractivity contribution in [3.8, 4) is 0 Å². The largest absolute Gasteiger partial charge is 0.396 e. The molecular formula is C10H21NOS. The molecule has 1 aliphatic rings. The minimum Gasteiger partial charge on any atom is -0.396 e. The molecule has 2 unspecified atom stereocenters. The van der Waals surface area contributed by atoms with Gasteiger partial charge in [0.15, 0.2) is 0 Å². The van der Waals surface area contributed by atoms with E-state index < -0.39 is 0 Å². The topological polar surface area (TPSA) is 23.5 Å². The van der Waals surface area contributed by atoms with E-state index in [9.17, 15) is 0 Å². The van der Waals surface area contributed by atoms with Crippen molar-refractivity contribution in [1.29, 1.82) is 0 Å². The van der Waals surface area contributed by atoms with Crippen molar-refractivity contribution in [3.63, 3.8) is 0 Å². The Morgan fingerprint density at radius 3 is 2.92 bits per heavy atom. The van der Waals surface area contributed by atoms with E-state index in [-0.39, 0.29) is 0 Å². The molecule has 1 fully saturated rings. The minimum atomic E-state index is 0.368. The van der Waals surface area contributed by atoms with Crippen molar-refractivity contribution in [1.82, 2.24) is 4.90 Å². The van der Waals surface area contributed by atoms with E-state index in [0.717, 1.165) is 12.5 Å². The second-order valence-corrected chi connectivity index (χ2v) is 5.07. The van der Waals surface area contributed by atoms with Crippen LogP contribution in [0.5, 0.6) is 0 Å². The summed E-state index contributed by atoms with van der Waals surface area (Å²) in [5.74, 6) is 2.58. The van der Waals surface area contributed by atoms with Gasteiger partial charge < -0.3 is 10.0 Å². The number of likely N-dealkylation sites (tertiary alicyclic amines) is 1. The molecule has 1 aliphatic heterocycles. The number of hydrogen-bond acceptors (Lipinski definition) is 3. The summed E-state index contributed by atoms with van der Waals surface area (Å²) in [5.41, 5.74) is 0. The van der Waals surface area contributed by atoms with Gasteiger partial charge in [0, 0.05) is 19.7 Å². The van der Waals surface area contributed by atoms with Crippen LogP contribution in [0.3, 0.4) is 0 Å². The number of aliphatic hydroxyl groups is 1. The highest BCUT2D eigenvalue weighted by molar-refractivity contribution is 7.98. The molecule has 0 saturated carbocycles. The van der Waals surface area contributed by atoms with E-state index in [1.165, 1.54) is 25.3 Å². The number of aliphatic hydroxyl groups excluding tert-OH is 1. The zero-order valence-electron chi connectivity index (χ0n) is 8.70. The third-order valence-electron chi connectivity index (χ3n) is 2.65. The Labute approximate surface area is 85.7 Å². The maximum Gasteiger partial charge on any atom is 0.0471 e. The molecule has 2 atom stereocenters. The second kappa shape index (κ2) is 5.89. The summed E-state index contributed by atoms with van der Waals surface area (Å²) in [6, 6.07) is 0. The van der Waals surface area contributed by atoms with Crippen LogP contribution in [0.2, 0.25) is 0 Å². The van der Waals surface area contributed by atoms with Gasteiger partial charge in [-0.25, -0.2) is 0 Å². The molecule has 0 aliphatic carbocycles. The fourth-order valence-corrected chi connectivity index (χ4v) is 2.68. The van der Waals surface area contributed by atoms with E-state index in [2.05, 4.69) is 18.1 Å². The Kier molecular flexibility index (Phi) is 5.14. The van der Waals surface area contributed by atoms with Crippen LogP contribution in [0.1, 0.15) is 13.3 Å². The van der Waals surface area contributed by atoms with Gasteiger partial charge in [0.1, 0.15) is 0 Å². The van der Waals surface area contributed by atoms with Gasteiger partial charge >= 0.3 is 0 Å². The highest BCUT2D eigenvalue weighted by Crippen LogP contribution is 2.17. The highest BCUT2D eigenvalue weighted by atomic mass is 32.2. The summed E-state index contributed by atoms with van der Waals surface area (Å²) in [7, 11) is 0. The highest BCUT2D eigenvalue weighted by Gasteiger charge is 2.22. The summed E-state index contributed by atoms with van der Waals surface area (Å²) in [6.07, 6.45) is 3.35. The lowest BCUT2D eigenvalue weighted by molar-refractivity contribution is 0.216. The molecule has 1 saturated heterocycles. The number of rotatable bonds is 5. The third-order valence-corrected chi connectivity index (χ3v) is 3.55. The van der Waals surface area contributed by atoms with Crippen LogP contribution in [-0.2, 0) is 0 Å². The van der Waals surface area contributed by atoms with E-state index in [1.54, 1.807) is 0 Å². The molecule has 78 valence electrons. The molecule has 13 heavy (non-hydrogen) atoms. The monoisotopic (exact) mass is 203 g/mol. The fraction of sp³-hybridized carbons (Fsp3) is 1.00. The molecule has 3 heteroatoms. The molecule has 0 radical (unpaired) electrons. The lowest BCUT2D eigenvalue weighted by Crippen LogP contribution is -2.27. The molecular weight excluding hydrogens is 182 g/mol. The van der Waals surface area contributed by atoms with Crippen molar-refractivity contribution in [3.05, 3.63) is 0 Å². The van der Waals surface area contributed by atoms with Gasteiger partial charge in [-0.1, -0.05) is 6.92 Å². The summed E-state index contributed by atoms with van der Waals surface area (Å²) in [4.78, 5) is 2.49. The lowest BCUT2D eigenvalue weighted by Gasteiger charge is -2.19. The van der Waals surface area contributed by atoms with Crippen LogP contribution in [0, 0.1) is 11.8 Å². The van der Waals surface area contributed by atoms with Crippen molar-refractivity contribution >= 4 is 11.8 Å². The Morgan fingerprint density at radius 2 is 2.38 bits per heavy atom. The molecule has 2 nitrogen and oxygen atoms in total. The normalized spacial score (nSPS) is 26.5. The quantitative estimate of drug-likeness (QED) is 0.728. The Balaban J connectivity index is 2.16. The maximum absolute atomic E-state index is 8.99. The second-order valence-electron chi connectivity index (χ2n) is 4.16. The lowest BCUT2D eigenvalue weighted by atomic mass is 10.1. The fourth-order valence-electron chi connectivity index (χ4n) is 2.01. The van der Waals surface area contributed by atoms with Gasteiger partial charge in [0.05, 0.1) is 0 Å². The molecule has 0 aromatic carbocycles. The van der Waals surface area contributed by atoms with E-state index in [0.29, 0.717) is 12.5 Å². The van der Waals surface area contributed by atoms with Gasteiger partial charge in [-0.05, 0) is 36.8 Å². The summed E-state index contributed by atoms with van der Waals surface area (Å²) >= 11 is 1.92. The van der Waals surface area contributed by atoms with Crippen molar-refractivity contribution < 1.29 is 5.11 Å². The first-order chi connectivity index (χ1) is 6.26. The molecule has 0 aromatic heterocycles. The summed E-state index contributed by atoms with van der Waals surface area (Å²) < 4.78 is 0. The zero-order chi connectivity index (χ0) is 9.68. The SMILES string of the molecule is CSCC(C)CN1CCC(CO)C1. The van der Waals surface area contributed by atoms with Crippen LogP contribution in [0.15, 0.2) is 0 Å². The minimum absolute atomic E-state index is 0.368. The Hall–Kier alpha value is 0.270. The molecule has 1 N–H and O–H groups in total. The number of thioether (sulfide) groups is 1. The van der Waals surface area contributed by atoms with Crippen LogP contribution < -0.4 is 0 Å². The van der Waals surface area contributed by atoms with Gasteiger partial charge in [0.25, 0.3) is 0 Å². The van der Waals surface area contributed by atoms with Crippen molar-refractivity contribution in [2.75, 3.05) is 38.2 Å². The Bertz CT molecular complexity index is 143. The van der Waals surface area contributed by atoms with Crippen LogP contribution in [0.4, 0.5) is 0 Å². The van der Waals surface area contributed by atoms with Crippen molar-refractivity contribution in [2.45, 2.75) is 13.3 Å². The first-order valence-corrected chi connectivity index (χ1v) is 6.47. The van der Waals surface area contributed by atoms with E-state index >= 15 is 0 Å². The predicted molar refractivity (Wildman–Crippen MR) is 59.2 cm³/mol. The molecule has 0 aromatic rings. The number of hydrogen-bond donors (Lipinski definition) is 1. The van der Waals surface area contributed by atoms with E-state index in [4.69, 9.17) is 5.11 Å². The van der Waals surface area contributed by atoms with E-state index in [1.807, 2.05) is 11.8 Å². The molecule has 1 heterocycles. The van der Waals surface area contributed by atoms with Crippen LogP contribution in [0.25, 0.3) is 0 Å². The van der Waals surface area contributed by atoms with Gasteiger partial charge in [-0.3, -0.25) is 0 Å². The van der Waals surface area contributed by atoms with Crippen LogP contribution >= 0.6 is 11.8 Å². The molecule has 0 bridgehead atoms.